The third-order valence-electron chi connectivity index (χ3n) is 1.59. The van der Waals surface area contributed by atoms with Crippen molar-refractivity contribution < 1.29 is 32.4 Å². The van der Waals surface area contributed by atoms with Gasteiger partial charge in [-0.25, -0.2) is 12.6 Å². The van der Waals surface area contributed by atoms with Crippen LogP contribution in [0.5, 0.6) is 0 Å². The molecule has 3 N–H and O–H groups in total. The molecule has 0 saturated carbocycles. The minimum absolute atomic E-state index is 0.0893. The maximum atomic E-state index is 11.4. The molecule has 0 aromatic rings. The van der Waals surface area contributed by atoms with Crippen LogP contribution in [-0.2, 0) is 29.1 Å². The van der Waals surface area contributed by atoms with E-state index in [0.717, 1.165) is 0 Å². The lowest BCUT2D eigenvalue weighted by Gasteiger charge is -2.08. The number of hydrogen-bond acceptors (Lipinski definition) is 8. The van der Waals surface area contributed by atoms with Gasteiger partial charge in [0.25, 0.3) is 0 Å². The molecule has 0 aliphatic rings. The standard InChI is InChI=1S/C7H15NO7S2/c8-16(12,3-1-9)6-17(13,14)4-2-15-7(11)5-10/h5,7-9,11H,1-4,6H2. The predicted octanol–water partition coefficient (Wildman–Crippen LogP) is -2.07. The first-order valence-corrected chi connectivity index (χ1v) is 8.24. The fourth-order valence-electron chi connectivity index (χ4n) is 0.890. The summed E-state index contributed by atoms with van der Waals surface area (Å²) >= 11 is 0. The second-order valence-electron chi connectivity index (χ2n) is 3.20. The van der Waals surface area contributed by atoms with E-state index < -0.39 is 55.7 Å². The van der Waals surface area contributed by atoms with Gasteiger partial charge in [-0.1, -0.05) is 0 Å². The van der Waals surface area contributed by atoms with Gasteiger partial charge in [-0.15, -0.1) is 0 Å². The van der Waals surface area contributed by atoms with Gasteiger partial charge in [-0.3, -0.25) is 9.57 Å². The Kier molecular flexibility index (Phi) is 6.78. The van der Waals surface area contributed by atoms with E-state index in [1.165, 1.54) is 0 Å². The van der Waals surface area contributed by atoms with Gasteiger partial charge in [0.15, 0.2) is 16.1 Å². The minimum Gasteiger partial charge on any atom is -0.395 e. The molecule has 102 valence electrons. The number of ether oxygens (including phenoxy) is 1. The van der Waals surface area contributed by atoms with E-state index in [-0.39, 0.29) is 6.29 Å². The number of aldehydes is 1. The second kappa shape index (κ2) is 7.01. The highest BCUT2D eigenvalue weighted by molar-refractivity contribution is 8.08. The summed E-state index contributed by atoms with van der Waals surface area (Å²) in [5.41, 5.74) is 0. The van der Waals surface area contributed by atoms with E-state index in [4.69, 9.17) is 15.0 Å². The zero-order valence-corrected chi connectivity index (χ0v) is 10.6. The van der Waals surface area contributed by atoms with E-state index in [9.17, 15) is 17.4 Å². The molecule has 10 heteroatoms. The summed E-state index contributed by atoms with van der Waals surface area (Å²) in [5, 5.41) is 16.3. The molecule has 0 aliphatic heterocycles. The molecule has 0 aromatic heterocycles. The number of hydrogen-bond donors (Lipinski definition) is 3. The summed E-state index contributed by atoms with van der Waals surface area (Å²) in [5.74, 6) is -0.969. The number of carbonyl (C=O) groups excluding carboxylic acids is 1. The third-order valence-corrected chi connectivity index (χ3v) is 6.18. The summed E-state index contributed by atoms with van der Waals surface area (Å²) in [6, 6.07) is 0. The first kappa shape index (κ1) is 16.4. The number of aliphatic hydroxyl groups excluding tert-OH is 2. The normalized spacial score (nSPS) is 17.3. The SMILES string of the molecule is N=S(=O)(CCO)CS(=O)(=O)CCOC(O)C=O. The van der Waals surface area contributed by atoms with Gasteiger partial charge >= 0.3 is 0 Å². The fourth-order valence-corrected chi connectivity index (χ4v) is 4.80. The topological polar surface area (TPSA) is 142 Å². The summed E-state index contributed by atoms with van der Waals surface area (Å²) in [6.45, 7) is -0.963. The molecule has 0 rings (SSSR count). The van der Waals surface area contributed by atoms with Crippen LogP contribution in [0.25, 0.3) is 0 Å². The van der Waals surface area contributed by atoms with E-state index >= 15 is 0 Å². The maximum absolute atomic E-state index is 11.4. The van der Waals surface area contributed by atoms with Crippen molar-refractivity contribution in [2.75, 3.05) is 29.8 Å². The van der Waals surface area contributed by atoms with Crippen LogP contribution in [0.2, 0.25) is 0 Å². The van der Waals surface area contributed by atoms with Crippen LogP contribution in [0.1, 0.15) is 0 Å². The van der Waals surface area contributed by atoms with Crippen molar-refractivity contribution in [2.24, 2.45) is 0 Å². The van der Waals surface area contributed by atoms with Crippen molar-refractivity contribution in [3.8, 4) is 0 Å². The molecule has 0 saturated heterocycles. The monoisotopic (exact) mass is 289 g/mol. The van der Waals surface area contributed by atoms with E-state index in [0.29, 0.717) is 0 Å². The Morgan fingerprint density at radius 1 is 1.29 bits per heavy atom. The van der Waals surface area contributed by atoms with Crippen molar-refractivity contribution in [3.63, 3.8) is 0 Å². The second-order valence-corrected chi connectivity index (χ2v) is 8.07. The van der Waals surface area contributed by atoms with E-state index in [2.05, 4.69) is 4.74 Å². The smallest absolute Gasteiger partial charge is 0.212 e. The van der Waals surface area contributed by atoms with Gasteiger partial charge in [0.05, 0.1) is 34.4 Å². The Hall–Kier alpha value is -0.550. The van der Waals surface area contributed by atoms with Gasteiger partial charge in [-0.05, 0) is 0 Å². The minimum atomic E-state index is -3.79. The molecular formula is C7H15NO7S2. The number of nitrogens with one attached hydrogen (secondary N) is 1. The van der Waals surface area contributed by atoms with Crippen LogP contribution in [0.3, 0.4) is 0 Å². The summed E-state index contributed by atoms with van der Waals surface area (Å²) in [6.07, 6.45) is -1.60. The lowest BCUT2D eigenvalue weighted by molar-refractivity contribution is -0.141. The Morgan fingerprint density at radius 2 is 1.88 bits per heavy atom. The average molecular weight is 289 g/mol. The van der Waals surface area contributed by atoms with Gasteiger partial charge in [0.2, 0.25) is 6.29 Å². The number of sulfone groups is 1. The lowest BCUT2D eigenvalue weighted by atomic mass is 10.7. The molecular weight excluding hydrogens is 274 g/mol. The molecule has 0 aromatic carbocycles. The van der Waals surface area contributed by atoms with E-state index in [1.54, 1.807) is 0 Å². The van der Waals surface area contributed by atoms with Crippen LogP contribution in [0, 0.1) is 4.78 Å². The lowest BCUT2D eigenvalue weighted by Crippen LogP contribution is -2.25. The summed E-state index contributed by atoms with van der Waals surface area (Å²) in [7, 11) is -7.16. The molecule has 2 atom stereocenters. The molecule has 0 spiro atoms. The molecule has 0 aliphatic carbocycles. The quantitative estimate of drug-likeness (QED) is 0.327. The fraction of sp³-hybridized carbons (Fsp3) is 0.857. The molecule has 0 bridgehead atoms. The zero-order valence-electron chi connectivity index (χ0n) is 8.94. The van der Waals surface area contributed by atoms with Crippen molar-refractivity contribution in [1.29, 1.82) is 4.78 Å². The van der Waals surface area contributed by atoms with Gasteiger partial charge < -0.3 is 14.9 Å². The summed E-state index contributed by atoms with van der Waals surface area (Å²) < 4.78 is 45.6. The molecule has 0 heterocycles. The first-order chi connectivity index (χ1) is 7.72. The largest absolute Gasteiger partial charge is 0.395 e. The Bertz CT molecular complexity index is 427. The van der Waals surface area contributed by atoms with Crippen LogP contribution in [0.15, 0.2) is 0 Å². The maximum Gasteiger partial charge on any atom is 0.212 e. The molecule has 17 heavy (non-hydrogen) atoms. The molecule has 8 nitrogen and oxygen atoms in total. The molecule has 0 fully saturated rings. The average Bonchev–Trinajstić information content (AvgIpc) is 2.14. The van der Waals surface area contributed by atoms with Crippen molar-refractivity contribution >= 4 is 25.9 Å². The van der Waals surface area contributed by atoms with Crippen LogP contribution in [-0.4, -0.2) is 65.2 Å². The Morgan fingerprint density at radius 3 is 2.35 bits per heavy atom. The molecule has 0 radical (unpaired) electrons. The number of carbonyl (C=O) groups is 1. The van der Waals surface area contributed by atoms with Gasteiger partial charge in [0, 0.05) is 0 Å². The first-order valence-electron chi connectivity index (χ1n) is 4.53. The Balaban J connectivity index is 4.27. The molecule has 0 amide bonds. The highest BCUT2D eigenvalue weighted by atomic mass is 32.3. The predicted molar refractivity (Wildman–Crippen MR) is 59.5 cm³/mol. The number of rotatable bonds is 9. The van der Waals surface area contributed by atoms with Crippen LogP contribution < -0.4 is 0 Å². The number of aliphatic hydroxyl groups is 2. The van der Waals surface area contributed by atoms with E-state index in [1.807, 2.05) is 0 Å². The summed E-state index contributed by atoms with van der Waals surface area (Å²) in [4.78, 5) is 9.95. The van der Waals surface area contributed by atoms with Crippen molar-refractivity contribution in [3.05, 3.63) is 0 Å². The third kappa shape index (κ3) is 8.21. The highest BCUT2D eigenvalue weighted by Crippen LogP contribution is 2.01. The zero-order chi connectivity index (χ0) is 13.5. The van der Waals surface area contributed by atoms with Crippen molar-refractivity contribution in [2.45, 2.75) is 6.29 Å². The van der Waals surface area contributed by atoms with Crippen LogP contribution in [0.4, 0.5) is 0 Å². The highest BCUT2D eigenvalue weighted by Gasteiger charge is 2.19. The van der Waals surface area contributed by atoms with Crippen LogP contribution >= 0.6 is 0 Å². The Labute approximate surface area is 99.5 Å². The van der Waals surface area contributed by atoms with Crippen molar-refractivity contribution in [1.82, 2.24) is 0 Å². The molecule has 2 unspecified atom stereocenters. The van der Waals surface area contributed by atoms with Gasteiger partial charge in [-0.2, -0.15) is 0 Å². The van der Waals surface area contributed by atoms with Gasteiger partial charge in [0.1, 0.15) is 5.08 Å².